The van der Waals surface area contributed by atoms with Gasteiger partial charge >= 0.3 is 65.1 Å². The van der Waals surface area contributed by atoms with Crippen LogP contribution in [0.5, 0.6) is 0 Å². The number of carboxylic acids is 3. The van der Waals surface area contributed by atoms with Crippen molar-refractivity contribution in [3.05, 3.63) is 12.2 Å². The predicted molar refractivity (Wildman–Crippen MR) is 58.0 cm³/mol. The van der Waals surface area contributed by atoms with Gasteiger partial charge in [0.25, 0.3) is 0 Å². The summed E-state index contributed by atoms with van der Waals surface area (Å²) < 4.78 is 0. The van der Waals surface area contributed by atoms with Crippen molar-refractivity contribution in [2.45, 2.75) is 38.5 Å². The van der Waals surface area contributed by atoms with Crippen molar-refractivity contribution < 1.29 is 88.8 Å². The Labute approximate surface area is 162 Å². The first-order valence-corrected chi connectivity index (χ1v) is 5.73. The summed E-state index contributed by atoms with van der Waals surface area (Å²) in [5, 5.41) is 29.2. The third-order valence-corrected chi connectivity index (χ3v) is 2.45. The average molecular weight is 302 g/mol. The van der Waals surface area contributed by atoms with Crippen molar-refractivity contribution in [2.75, 3.05) is 0 Å². The summed E-state index contributed by atoms with van der Waals surface area (Å²) in [4.78, 5) is 31.1. The second kappa shape index (κ2) is 15.5. The summed E-state index contributed by atoms with van der Waals surface area (Å²) in [6, 6.07) is 0. The molecule has 20 heavy (non-hydrogen) atoms. The van der Waals surface area contributed by atoms with E-state index in [2.05, 4.69) is 0 Å². The van der Waals surface area contributed by atoms with E-state index in [9.17, 15) is 24.6 Å². The smallest absolute Gasteiger partial charge is 0.550 e. The summed E-state index contributed by atoms with van der Waals surface area (Å²) >= 11 is 0. The van der Waals surface area contributed by atoms with Gasteiger partial charge in [0.15, 0.2) is 0 Å². The van der Waals surface area contributed by atoms with Crippen LogP contribution in [0.4, 0.5) is 0 Å². The minimum Gasteiger partial charge on any atom is -0.550 e. The monoisotopic (exact) mass is 302 g/mol. The Morgan fingerprint density at radius 3 is 2.05 bits per heavy atom. The first-order valence-electron chi connectivity index (χ1n) is 5.73. The van der Waals surface area contributed by atoms with Gasteiger partial charge in [-0.1, -0.05) is 6.08 Å². The number of carboxylic acid groups (broad SMARTS) is 3. The quantitative estimate of drug-likeness (QED) is 0.243. The van der Waals surface area contributed by atoms with Crippen LogP contribution >= 0.6 is 0 Å². The fraction of sp³-hybridized carbons (Fsp3) is 0.583. The SMILES string of the molecule is O=C([O-])C=CCCCC(CCCC(=O)O)C(=O)[O-].[Na+].[Na+]. The molecule has 0 rings (SSSR count). The number of unbranched alkanes of at least 4 members (excludes halogenated alkanes) is 1. The Morgan fingerprint density at radius 2 is 1.60 bits per heavy atom. The van der Waals surface area contributed by atoms with Crippen molar-refractivity contribution in [3.63, 3.8) is 0 Å². The number of carbonyl (C=O) groups is 3. The maximum absolute atomic E-state index is 10.8. The second-order valence-corrected chi connectivity index (χ2v) is 3.95. The van der Waals surface area contributed by atoms with Gasteiger partial charge in [0.05, 0.1) is 5.97 Å². The first kappa shape index (κ1) is 25.1. The molecular formula is C12H16Na2O6. The normalized spacial score (nSPS) is 11.2. The van der Waals surface area contributed by atoms with Crippen molar-refractivity contribution in [1.29, 1.82) is 0 Å². The van der Waals surface area contributed by atoms with Gasteiger partial charge in [-0.3, -0.25) is 4.79 Å². The minimum atomic E-state index is -1.28. The third kappa shape index (κ3) is 16.2. The van der Waals surface area contributed by atoms with E-state index in [4.69, 9.17) is 5.11 Å². The number of rotatable bonds is 10. The molecule has 0 aromatic heterocycles. The van der Waals surface area contributed by atoms with Crippen LogP contribution in [0.2, 0.25) is 0 Å². The molecule has 0 heterocycles. The van der Waals surface area contributed by atoms with Crippen LogP contribution in [0.15, 0.2) is 12.2 Å². The van der Waals surface area contributed by atoms with Crippen LogP contribution in [0, 0.1) is 5.92 Å². The van der Waals surface area contributed by atoms with E-state index in [1.54, 1.807) is 0 Å². The van der Waals surface area contributed by atoms with Crippen molar-refractivity contribution in [3.8, 4) is 0 Å². The van der Waals surface area contributed by atoms with E-state index in [1.165, 1.54) is 6.08 Å². The molecule has 0 radical (unpaired) electrons. The van der Waals surface area contributed by atoms with Gasteiger partial charge in [-0.25, -0.2) is 0 Å². The summed E-state index contributed by atoms with van der Waals surface area (Å²) in [5.41, 5.74) is 0. The van der Waals surface area contributed by atoms with E-state index in [1.807, 2.05) is 0 Å². The molecular weight excluding hydrogens is 286 g/mol. The molecule has 0 aliphatic carbocycles. The van der Waals surface area contributed by atoms with E-state index >= 15 is 0 Å². The molecule has 0 bridgehead atoms. The maximum atomic E-state index is 10.8. The molecule has 0 aromatic rings. The van der Waals surface area contributed by atoms with Gasteiger partial charge in [0, 0.05) is 12.4 Å². The standard InChI is InChI=1S/C12H18O6.2Na/c13-10(14)7-3-1-2-5-9(12(17)18)6-4-8-11(15)16;;/h3,7,9H,1-2,4-6,8H2,(H,13,14)(H,15,16)(H,17,18);;/q;2*+1/p-2. The number of aliphatic carboxylic acids is 3. The van der Waals surface area contributed by atoms with E-state index in [0.29, 0.717) is 25.7 Å². The number of hydrogen-bond donors (Lipinski definition) is 1. The van der Waals surface area contributed by atoms with Crippen molar-refractivity contribution >= 4 is 17.9 Å². The molecule has 102 valence electrons. The van der Waals surface area contributed by atoms with Crippen LogP contribution in [-0.4, -0.2) is 23.0 Å². The number of allylic oxidation sites excluding steroid dienone is 1. The van der Waals surface area contributed by atoms with Gasteiger partial charge in [-0.05, 0) is 44.1 Å². The summed E-state index contributed by atoms with van der Waals surface area (Å²) in [6.07, 6.45) is 4.10. The Hall–Kier alpha value is 0.150. The largest absolute Gasteiger partial charge is 1.00 e. The zero-order chi connectivity index (χ0) is 14.0. The van der Waals surface area contributed by atoms with Crippen LogP contribution in [0.3, 0.4) is 0 Å². The maximum Gasteiger partial charge on any atom is 1.00 e. The first-order chi connectivity index (χ1) is 8.43. The third-order valence-electron chi connectivity index (χ3n) is 2.45. The molecule has 1 N–H and O–H groups in total. The summed E-state index contributed by atoms with van der Waals surface area (Å²) in [7, 11) is 0. The van der Waals surface area contributed by atoms with Gasteiger partial charge < -0.3 is 24.9 Å². The summed E-state index contributed by atoms with van der Waals surface area (Å²) in [6.45, 7) is 0. The molecule has 0 aliphatic heterocycles. The molecule has 1 unspecified atom stereocenters. The van der Waals surface area contributed by atoms with Crippen molar-refractivity contribution in [1.82, 2.24) is 0 Å². The van der Waals surface area contributed by atoms with Gasteiger partial charge in [0.1, 0.15) is 0 Å². The average Bonchev–Trinajstić information content (AvgIpc) is 2.25. The van der Waals surface area contributed by atoms with Crippen LogP contribution < -0.4 is 69.3 Å². The Balaban J connectivity index is -0.00000144. The zero-order valence-electron chi connectivity index (χ0n) is 12.0. The van der Waals surface area contributed by atoms with E-state index < -0.39 is 23.8 Å². The summed E-state index contributed by atoms with van der Waals surface area (Å²) in [5.74, 6) is -4.11. The fourth-order valence-electron chi connectivity index (χ4n) is 1.54. The molecule has 6 nitrogen and oxygen atoms in total. The molecule has 0 aliphatic rings. The zero-order valence-corrected chi connectivity index (χ0v) is 16.0. The van der Waals surface area contributed by atoms with E-state index in [0.717, 1.165) is 6.08 Å². The molecule has 1 atom stereocenters. The van der Waals surface area contributed by atoms with Crippen LogP contribution in [-0.2, 0) is 14.4 Å². The molecule has 0 aromatic carbocycles. The Kier molecular flexibility index (Phi) is 19.5. The van der Waals surface area contributed by atoms with Crippen LogP contribution in [0.25, 0.3) is 0 Å². The minimum absolute atomic E-state index is 0. The fourth-order valence-corrected chi connectivity index (χ4v) is 1.54. The molecule has 8 heteroatoms. The van der Waals surface area contributed by atoms with Crippen LogP contribution in [0.1, 0.15) is 38.5 Å². The predicted octanol–water partition coefficient (Wildman–Crippen LogP) is -6.91. The van der Waals surface area contributed by atoms with Gasteiger partial charge in [-0.15, -0.1) is 0 Å². The van der Waals surface area contributed by atoms with E-state index in [-0.39, 0.29) is 72.0 Å². The number of carbonyl (C=O) groups excluding carboxylic acids is 2. The molecule has 0 amide bonds. The topological polar surface area (TPSA) is 118 Å². The number of hydrogen-bond acceptors (Lipinski definition) is 5. The molecule has 0 saturated carbocycles. The molecule has 0 saturated heterocycles. The van der Waals surface area contributed by atoms with Gasteiger partial charge in [0.2, 0.25) is 0 Å². The van der Waals surface area contributed by atoms with Crippen molar-refractivity contribution in [2.24, 2.45) is 5.92 Å². The molecule has 0 spiro atoms. The Bertz CT molecular complexity index is 330. The molecule has 0 fully saturated rings. The Morgan fingerprint density at radius 1 is 1.05 bits per heavy atom. The van der Waals surface area contributed by atoms with Gasteiger partial charge in [-0.2, -0.15) is 0 Å². The second-order valence-electron chi connectivity index (χ2n) is 3.95.